The van der Waals surface area contributed by atoms with Crippen LogP contribution in [0.2, 0.25) is 0 Å². The number of hydrogen-bond donors (Lipinski definition) is 2. The number of allylic oxidation sites excluding steroid dienone is 4. The molecular weight excluding hydrogens is 1520 g/mol. The number of carboxylic acid groups (broad SMARTS) is 1. The molecular formula is C81H103BrN6O16S4. The number of thiophene rings is 4. The number of carbonyl (C=O) groups is 9. The first-order chi connectivity index (χ1) is 50.8. The molecule has 9 rings (SSSR count). The number of methoxy groups -OCH3 is 3. The number of carbonyl (C=O) groups excluding carboxylic acids is 8. The van der Waals surface area contributed by atoms with Gasteiger partial charge in [-0.3, -0.25) is 24.0 Å². The van der Waals surface area contributed by atoms with Gasteiger partial charge in [0.05, 0.1) is 104 Å². The quantitative estimate of drug-likeness (QED) is 0.0485. The van der Waals surface area contributed by atoms with Crippen LogP contribution in [0.25, 0.3) is 0 Å². The Kier molecular flexibility index (Phi) is 33.8. The first kappa shape index (κ1) is 88.8. The third-order valence-electron chi connectivity index (χ3n) is 16.6. The molecule has 27 heteroatoms. The summed E-state index contributed by atoms with van der Waals surface area (Å²) in [6.45, 7) is 34.1. The van der Waals surface area contributed by atoms with Gasteiger partial charge in [-0.15, -0.1) is 45.3 Å². The van der Waals surface area contributed by atoms with E-state index in [9.17, 15) is 48.3 Å². The molecule has 108 heavy (non-hydrogen) atoms. The van der Waals surface area contributed by atoms with Crippen molar-refractivity contribution in [2.75, 3.05) is 135 Å². The lowest BCUT2D eigenvalue weighted by molar-refractivity contribution is -0.135. The van der Waals surface area contributed by atoms with Crippen LogP contribution in [0.15, 0.2) is 52.0 Å². The number of hydrogen-bond acceptors (Lipinski definition) is 20. The predicted octanol–water partition coefficient (Wildman–Crippen LogP) is 13.6. The average molecular weight is 1620 g/mol. The van der Waals surface area contributed by atoms with Crippen molar-refractivity contribution in [1.29, 1.82) is 0 Å². The normalized spacial score (nSPS) is 16.4. The highest BCUT2D eigenvalue weighted by molar-refractivity contribution is 9.10. The zero-order valence-corrected chi connectivity index (χ0v) is 70.1. The minimum atomic E-state index is -1.13. The molecule has 2 aliphatic carbocycles. The molecule has 0 bridgehead atoms. The molecule has 2 atom stereocenters. The van der Waals surface area contributed by atoms with E-state index in [0.717, 1.165) is 44.8 Å². The third kappa shape index (κ3) is 28.7. The van der Waals surface area contributed by atoms with Crippen molar-refractivity contribution in [3.8, 4) is 47.4 Å². The topological polar surface area (TPSA) is 257 Å². The Morgan fingerprint density at radius 2 is 0.815 bits per heavy atom. The van der Waals surface area contributed by atoms with Crippen LogP contribution >= 0.6 is 61.3 Å². The summed E-state index contributed by atoms with van der Waals surface area (Å²) in [5.41, 5.74) is 3.11. The van der Waals surface area contributed by atoms with Crippen molar-refractivity contribution in [3.05, 3.63) is 91.1 Å². The lowest BCUT2D eigenvalue weighted by Gasteiger charge is -2.32. The van der Waals surface area contributed by atoms with Crippen LogP contribution in [0.4, 0.5) is 17.1 Å². The summed E-state index contributed by atoms with van der Waals surface area (Å²) < 4.78 is 31.2. The second-order valence-electron chi connectivity index (χ2n) is 30.3. The molecule has 2 N–H and O–H groups in total. The Bertz CT molecular complexity index is 4220. The molecule has 0 unspecified atom stereocenters. The Morgan fingerprint density at radius 1 is 0.491 bits per heavy atom. The first-order valence-electron chi connectivity index (χ1n) is 35.8. The second-order valence-corrected chi connectivity index (χ2v) is 35.4. The lowest BCUT2D eigenvalue weighted by atomic mass is 9.89. The molecule has 7 heterocycles. The number of rotatable bonds is 15. The lowest BCUT2D eigenvalue weighted by Crippen LogP contribution is -2.48. The van der Waals surface area contributed by atoms with Crippen molar-refractivity contribution in [3.63, 3.8) is 0 Å². The highest BCUT2D eigenvalue weighted by Crippen LogP contribution is 2.37. The summed E-state index contributed by atoms with van der Waals surface area (Å²) in [4.78, 5) is 126. The number of carboxylic acids is 1. The van der Waals surface area contributed by atoms with E-state index in [1.54, 1.807) is 32.9 Å². The number of nitrogens with one attached hydrogen (secondary N) is 1. The largest absolute Gasteiger partial charge is 0.477 e. The van der Waals surface area contributed by atoms with Crippen LogP contribution in [0, 0.1) is 80.9 Å². The number of nitrogens with zero attached hydrogens (tertiary/aromatic N) is 5. The van der Waals surface area contributed by atoms with Crippen molar-refractivity contribution in [1.82, 2.24) is 14.7 Å². The number of amides is 5. The summed E-state index contributed by atoms with van der Waals surface area (Å²) in [5.74, 6) is 21.1. The molecule has 5 aliphatic rings. The van der Waals surface area contributed by atoms with Gasteiger partial charge in [0.15, 0.2) is 0 Å². The van der Waals surface area contributed by atoms with Crippen molar-refractivity contribution in [2.45, 2.75) is 135 Å². The van der Waals surface area contributed by atoms with Gasteiger partial charge in [-0.1, -0.05) is 70.7 Å². The second kappa shape index (κ2) is 41.1. The fourth-order valence-electron chi connectivity index (χ4n) is 10.7. The average Bonchev–Trinajstić information content (AvgIpc) is 1.60. The maximum absolute atomic E-state index is 13.7. The number of morpholine rings is 3. The summed E-state index contributed by atoms with van der Waals surface area (Å²) in [6.07, 6.45) is 8.43. The smallest absolute Gasteiger partial charge is 0.350 e. The van der Waals surface area contributed by atoms with Gasteiger partial charge in [0.1, 0.15) is 32.6 Å². The van der Waals surface area contributed by atoms with Crippen molar-refractivity contribution < 1.29 is 76.7 Å². The molecule has 0 saturated carbocycles. The van der Waals surface area contributed by atoms with Gasteiger partial charge in [0.2, 0.25) is 29.5 Å². The Morgan fingerprint density at radius 3 is 1.18 bits per heavy atom. The highest BCUT2D eigenvalue weighted by Gasteiger charge is 2.36. The van der Waals surface area contributed by atoms with E-state index in [2.05, 4.69) is 92.4 Å². The predicted molar refractivity (Wildman–Crippen MR) is 429 cm³/mol. The SMILES string of the molecule is CC1=CC[C@@H](C(=O)N(CC(=O)N2CCOCC2)c2cc(C#CC(C)(C)C)sc2C(=O)O)CC1.COC(=O)c1sc(C#CC(C)(C)C)cc1Br.COC(=O)c1sc(C#CC(C)(C)C)cc1N(CC(=O)N1CCOCC1)C(=O)[C@@H]1CC=C(C)CC1.COC(=O)c1sc(C#CC(C)(C)C)cc1NCC(=O)N1CCOCC1. The zero-order chi connectivity index (χ0) is 79.8. The first-order valence-corrected chi connectivity index (χ1v) is 39.9. The van der Waals surface area contributed by atoms with E-state index in [4.69, 9.17) is 23.7 Å². The molecule has 3 aliphatic heterocycles. The van der Waals surface area contributed by atoms with Gasteiger partial charge in [0.25, 0.3) is 0 Å². The van der Waals surface area contributed by atoms with Crippen LogP contribution in [-0.2, 0) is 52.4 Å². The molecule has 5 amide bonds. The van der Waals surface area contributed by atoms with Gasteiger partial charge in [-0.05, 0) is 176 Å². The van der Waals surface area contributed by atoms with E-state index in [-0.39, 0.29) is 104 Å². The zero-order valence-electron chi connectivity index (χ0n) is 65.3. The molecule has 4 aromatic rings. The third-order valence-corrected chi connectivity index (χ3v) is 21.6. The number of halogens is 1. The molecule has 3 saturated heterocycles. The number of aromatic carboxylic acids is 1. The number of anilines is 3. The summed E-state index contributed by atoms with van der Waals surface area (Å²) in [5, 5.41) is 12.9. The number of esters is 3. The van der Waals surface area contributed by atoms with Gasteiger partial charge in [0, 0.05) is 77.2 Å². The van der Waals surface area contributed by atoms with Crippen LogP contribution in [-0.4, -0.2) is 193 Å². The Labute approximate surface area is 661 Å². The summed E-state index contributed by atoms with van der Waals surface area (Å²) in [6, 6.07) is 7.02. The Hall–Kier alpha value is -8.09. The summed E-state index contributed by atoms with van der Waals surface area (Å²) in [7, 11) is 4.02. The molecule has 3 fully saturated rings. The fraction of sp³-hybridized carbons (Fsp3) is 0.543. The minimum absolute atomic E-state index is 0.0207. The molecule has 4 aromatic heterocycles. The van der Waals surface area contributed by atoms with Crippen LogP contribution < -0.4 is 15.1 Å². The van der Waals surface area contributed by atoms with Crippen LogP contribution in [0.1, 0.15) is 194 Å². The molecule has 584 valence electrons. The van der Waals surface area contributed by atoms with Gasteiger partial charge in [-0.25, -0.2) is 19.2 Å². The van der Waals surface area contributed by atoms with E-state index in [1.165, 1.54) is 76.3 Å². The van der Waals surface area contributed by atoms with Gasteiger partial charge in [-0.2, -0.15) is 0 Å². The van der Waals surface area contributed by atoms with E-state index in [1.807, 2.05) is 96.1 Å². The van der Waals surface area contributed by atoms with Crippen LogP contribution in [0.5, 0.6) is 0 Å². The van der Waals surface area contributed by atoms with E-state index in [0.29, 0.717) is 129 Å². The monoisotopic (exact) mass is 1620 g/mol. The number of ether oxygens (including phenoxy) is 6. The fourth-order valence-corrected chi connectivity index (χ4v) is 15.0. The Balaban J connectivity index is 0.000000233. The molecule has 0 radical (unpaired) electrons. The highest BCUT2D eigenvalue weighted by atomic mass is 79.9. The standard InChI is InChI=1S/C26H34N2O5S.C25H32N2O5S.C18H24N2O4S.C12H13BrO2S/c1-18-6-8-19(9-7-18)24(30)28(17-22(29)27-12-14-33-15-13-27)21-16-20(10-11-26(2,3)4)34-23(21)25(31)32-5;1-17-5-7-18(8-6-17)23(29)27(16-21(28)26-11-13-32-14-12-26)20-15-19(9-10-25(2,3)4)33-22(20)24(30)31;1-18(2,3)6-5-13-11-14(16(25-13)17(22)23-4)19-12-15(21)20-7-9-24-10-8-20;1-12(2,3)6-5-8-7-9(13)10(16-8)11(14)15-4/h6,16,19H,7-9,12-15,17H2,1-5H3;5,15,18H,6-8,11-14,16H2,1-4H3,(H,30,31);11,19H,7-10,12H2,1-4H3;7H,1-4H3/t19-;18-;;/m11../s1. The molecule has 22 nitrogen and oxygen atoms in total. The maximum Gasteiger partial charge on any atom is 0.350 e. The van der Waals surface area contributed by atoms with Crippen LogP contribution in [0.3, 0.4) is 0 Å². The van der Waals surface area contributed by atoms with Crippen molar-refractivity contribution in [2.24, 2.45) is 33.5 Å². The molecule has 0 aromatic carbocycles. The molecule has 0 spiro atoms. The summed E-state index contributed by atoms with van der Waals surface area (Å²) >= 11 is 8.15. The van der Waals surface area contributed by atoms with Gasteiger partial charge < -0.3 is 63.3 Å². The van der Waals surface area contributed by atoms with Crippen molar-refractivity contribution >= 4 is 132 Å². The minimum Gasteiger partial charge on any atom is -0.477 e. The van der Waals surface area contributed by atoms with E-state index >= 15 is 0 Å². The van der Waals surface area contributed by atoms with Gasteiger partial charge >= 0.3 is 23.9 Å². The maximum atomic E-state index is 13.7. The van der Waals surface area contributed by atoms with E-state index < -0.39 is 17.9 Å².